The molecular formula is C16H21ClN2O. The van der Waals surface area contributed by atoms with Gasteiger partial charge in [0.15, 0.2) is 0 Å². The van der Waals surface area contributed by atoms with Crippen LogP contribution < -0.4 is 5.73 Å². The number of furan rings is 1. The predicted molar refractivity (Wildman–Crippen MR) is 82.9 cm³/mol. The fraction of sp³-hybridized carbons (Fsp3) is 0.375. The van der Waals surface area contributed by atoms with Gasteiger partial charge in [0.05, 0.1) is 6.54 Å². The minimum Gasteiger partial charge on any atom is -0.465 e. The summed E-state index contributed by atoms with van der Waals surface area (Å²) in [6, 6.07) is 10.1. The molecule has 0 aliphatic carbocycles. The molecule has 108 valence electrons. The van der Waals surface area contributed by atoms with Crippen molar-refractivity contribution in [2.45, 2.75) is 26.4 Å². The Morgan fingerprint density at radius 3 is 2.55 bits per heavy atom. The highest BCUT2D eigenvalue weighted by Gasteiger charge is 2.18. The molecule has 2 N–H and O–H groups in total. The summed E-state index contributed by atoms with van der Waals surface area (Å²) in [5, 5.41) is 0.756. The molecule has 2 aromatic rings. The molecule has 0 bridgehead atoms. The van der Waals surface area contributed by atoms with Gasteiger partial charge >= 0.3 is 0 Å². The highest BCUT2D eigenvalue weighted by molar-refractivity contribution is 6.30. The maximum Gasteiger partial charge on any atom is 0.118 e. The van der Waals surface area contributed by atoms with Crippen molar-refractivity contribution in [2.24, 2.45) is 5.73 Å². The van der Waals surface area contributed by atoms with E-state index in [2.05, 4.69) is 24.9 Å². The van der Waals surface area contributed by atoms with Crippen LogP contribution in [0.2, 0.25) is 5.02 Å². The van der Waals surface area contributed by atoms with Crippen molar-refractivity contribution in [1.82, 2.24) is 4.90 Å². The number of nitrogens with two attached hydrogens (primary N) is 1. The fourth-order valence-electron chi connectivity index (χ4n) is 2.48. The molecule has 0 fully saturated rings. The number of benzene rings is 1. The summed E-state index contributed by atoms with van der Waals surface area (Å²) in [6.07, 6.45) is 0. The molecule has 0 amide bonds. The molecule has 1 heterocycles. The molecule has 20 heavy (non-hydrogen) atoms. The van der Waals surface area contributed by atoms with Crippen LogP contribution in [0.5, 0.6) is 0 Å². The van der Waals surface area contributed by atoms with Crippen molar-refractivity contribution in [3.63, 3.8) is 0 Å². The van der Waals surface area contributed by atoms with Crippen LogP contribution in [0, 0.1) is 13.8 Å². The average Bonchev–Trinajstić information content (AvgIpc) is 2.78. The zero-order valence-corrected chi connectivity index (χ0v) is 12.9. The SMILES string of the molecule is Cc1ccc(CN(C)C(CN)c2ccc(Cl)cc2C)o1. The third-order valence-electron chi connectivity index (χ3n) is 3.55. The van der Waals surface area contributed by atoms with E-state index in [0.717, 1.165) is 28.7 Å². The Morgan fingerprint density at radius 1 is 1.25 bits per heavy atom. The van der Waals surface area contributed by atoms with Crippen LogP contribution in [0.3, 0.4) is 0 Å². The van der Waals surface area contributed by atoms with Gasteiger partial charge in [-0.3, -0.25) is 4.90 Å². The van der Waals surface area contributed by atoms with Crippen LogP contribution >= 0.6 is 11.6 Å². The summed E-state index contributed by atoms with van der Waals surface area (Å²) >= 11 is 6.02. The summed E-state index contributed by atoms with van der Waals surface area (Å²) in [6.45, 7) is 5.30. The van der Waals surface area contributed by atoms with Gasteiger partial charge < -0.3 is 10.2 Å². The topological polar surface area (TPSA) is 42.4 Å². The van der Waals surface area contributed by atoms with E-state index < -0.39 is 0 Å². The third kappa shape index (κ3) is 3.42. The lowest BCUT2D eigenvalue weighted by Gasteiger charge is -2.28. The zero-order chi connectivity index (χ0) is 14.7. The van der Waals surface area contributed by atoms with Crippen molar-refractivity contribution in [2.75, 3.05) is 13.6 Å². The van der Waals surface area contributed by atoms with Gasteiger partial charge in [-0.25, -0.2) is 0 Å². The third-order valence-corrected chi connectivity index (χ3v) is 3.78. The molecule has 2 rings (SSSR count). The molecule has 1 aromatic heterocycles. The van der Waals surface area contributed by atoms with Crippen LogP contribution in [0.15, 0.2) is 34.7 Å². The summed E-state index contributed by atoms with van der Waals surface area (Å²) in [5.74, 6) is 1.88. The highest BCUT2D eigenvalue weighted by Crippen LogP contribution is 2.26. The van der Waals surface area contributed by atoms with E-state index in [9.17, 15) is 0 Å². The largest absolute Gasteiger partial charge is 0.465 e. The summed E-state index contributed by atoms with van der Waals surface area (Å²) in [4.78, 5) is 2.20. The Labute approximate surface area is 125 Å². The Balaban J connectivity index is 2.18. The van der Waals surface area contributed by atoms with E-state index in [0.29, 0.717) is 6.54 Å². The normalized spacial score (nSPS) is 12.9. The van der Waals surface area contributed by atoms with Gasteiger partial charge in [-0.1, -0.05) is 17.7 Å². The molecule has 0 aliphatic heterocycles. The van der Waals surface area contributed by atoms with Gasteiger partial charge in [0.25, 0.3) is 0 Å². The predicted octanol–water partition coefficient (Wildman–Crippen LogP) is 3.68. The Morgan fingerprint density at radius 2 is 2.00 bits per heavy atom. The first-order valence-electron chi connectivity index (χ1n) is 6.73. The number of halogens is 1. The first kappa shape index (κ1) is 15.1. The second-order valence-corrected chi connectivity index (χ2v) is 5.62. The minimum absolute atomic E-state index is 0.151. The minimum atomic E-state index is 0.151. The number of rotatable bonds is 5. The van der Waals surface area contributed by atoms with Crippen molar-refractivity contribution in [1.29, 1.82) is 0 Å². The van der Waals surface area contributed by atoms with Gasteiger partial charge in [0, 0.05) is 17.6 Å². The van der Waals surface area contributed by atoms with Gasteiger partial charge in [0.2, 0.25) is 0 Å². The molecule has 4 heteroatoms. The molecule has 0 saturated carbocycles. The standard InChI is InChI=1S/C16H21ClN2O/c1-11-8-13(17)5-7-15(11)16(9-18)19(3)10-14-6-4-12(2)20-14/h4-8,16H,9-10,18H2,1-3H3. The number of nitrogens with zero attached hydrogens (tertiary/aromatic N) is 1. The van der Waals surface area contributed by atoms with Gasteiger partial charge in [-0.05, 0) is 56.3 Å². The van der Waals surface area contributed by atoms with E-state index in [-0.39, 0.29) is 6.04 Å². The van der Waals surface area contributed by atoms with Gasteiger partial charge in [-0.2, -0.15) is 0 Å². The van der Waals surface area contributed by atoms with Gasteiger partial charge in [-0.15, -0.1) is 0 Å². The van der Waals surface area contributed by atoms with Crippen LogP contribution in [0.4, 0.5) is 0 Å². The molecule has 1 aromatic carbocycles. The van der Waals surface area contributed by atoms with E-state index >= 15 is 0 Å². The highest BCUT2D eigenvalue weighted by atomic mass is 35.5. The molecule has 1 unspecified atom stereocenters. The Bertz CT molecular complexity index is 580. The monoisotopic (exact) mass is 292 g/mol. The van der Waals surface area contributed by atoms with Crippen LogP contribution in [-0.4, -0.2) is 18.5 Å². The van der Waals surface area contributed by atoms with Gasteiger partial charge in [0.1, 0.15) is 11.5 Å². The number of aryl methyl sites for hydroxylation is 2. The lowest BCUT2D eigenvalue weighted by Crippen LogP contribution is -2.30. The van der Waals surface area contributed by atoms with Crippen molar-refractivity contribution in [3.05, 3.63) is 58.0 Å². The summed E-state index contributed by atoms with van der Waals surface area (Å²) in [7, 11) is 2.06. The summed E-state index contributed by atoms with van der Waals surface area (Å²) < 4.78 is 5.63. The number of hydrogen-bond donors (Lipinski definition) is 1. The average molecular weight is 293 g/mol. The van der Waals surface area contributed by atoms with Crippen LogP contribution in [0.1, 0.15) is 28.7 Å². The quantitative estimate of drug-likeness (QED) is 0.914. The maximum atomic E-state index is 6.02. The molecular weight excluding hydrogens is 272 g/mol. The smallest absolute Gasteiger partial charge is 0.118 e. The second kappa shape index (κ2) is 6.44. The van der Waals surface area contributed by atoms with Crippen LogP contribution in [-0.2, 0) is 6.54 Å². The molecule has 0 saturated heterocycles. The summed E-state index contributed by atoms with van der Waals surface area (Å²) in [5.41, 5.74) is 8.34. The first-order chi connectivity index (χ1) is 9.51. The fourth-order valence-corrected chi connectivity index (χ4v) is 2.71. The lowest BCUT2D eigenvalue weighted by molar-refractivity contribution is 0.221. The molecule has 1 atom stereocenters. The number of likely N-dealkylation sites (N-methyl/N-ethyl adjacent to an activating group) is 1. The Hall–Kier alpha value is -1.29. The van der Waals surface area contributed by atoms with E-state index in [4.69, 9.17) is 21.8 Å². The van der Waals surface area contributed by atoms with E-state index in [1.165, 1.54) is 5.56 Å². The molecule has 0 radical (unpaired) electrons. The van der Waals surface area contributed by atoms with Crippen LogP contribution in [0.25, 0.3) is 0 Å². The van der Waals surface area contributed by atoms with E-state index in [1.54, 1.807) is 0 Å². The zero-order valence-electron chi connectivity index (χ0n) is 12.2. The molecule has 3 nitrogen and oxygen atoms in total. The molecule has 0 aliphatic rings. The Kier molecular flexibility index (Phi) is 4.86. The van der Waals surface area contributed by atoms with Crippen molar-refractivity contribution < 1.29 is 4.42 Å². The first-order valence-corrected chi connectivity index (χ1v) is 7.10. The number of hydrogen-bond acceptors (Lipinski definition) is 3. The van der Waals surface area contributed by atoms with E-state index in [1.807, 2.05) is 31.2 Å². The lowest BCUT2D eigenvalue weighted by atomic mass is 10.00. The van der Waals surface area contributed by atoms with Crippen molar-refractivity contribution in [3.8, 4) is 0 Å². The molecule has 0 spiro atoms. The maximum absolute atomic E-state index is 6.02. The second-order valence-electron chi connectivity index (χ2n) is 5.18. The van der Waals surface area contributed by atoms with Crippen molar-refractivity contribution >= 4 is 11.6 Å².